The first-order valence-electron chi connectivity index (χ1n) is 8.96. The van der Waals surface area contributed by atoms with Gasteiger partial charge in [-0.05, 0) is 36.2 Å². The van der Waals surface area contributed by atoms with Gasteiger partial charge in [0, 0.05) is 18.9 Å². The molecule has 0 radical (unpaired) electrons. The highest BCUT2D eigenvalue weighted by molar-refractivity contribution is 5.35. The molecule has 0 amide bonds. The third-order valence-corrected chi connectivity index (χ3v) is 5.07. The molecule has 3 aromatic rings. The van der Waals surface area contributed by atoms with Crippen molar-refractivity contribution in [1.29, 1.82) is 0 Å². The van der Waals surface area contributed by atoms with Crippen LogP contribution in [0, 0.1) is 6.92 Å². The van der Waals surface area contributed by atoms with E-state index < -0.39 is 0 Å². The SMILES string of the molecule is COc1cccc(C2C(c3ccccc3)CCN2Cc2nnc(C)o2)c1. The van der Waals surface area contributed by atoms with E-state index in [1.165, 1.54) is 11.1 Å². The highest BCUT2D eigenvalue weighted by atomic mass is 16.5. The number of nitrogens with zero attached hydrogens (tertiary/aromatic N) is 3. The predicted octanol–water partition coefficient (Wildman–Crippen LogP) is 4.12. The summed E-state index contributed by atoms with van der Waals surface area (Å²) in [6.07, 6.45) is 1.10. The van der Waals surface area contributed by atoms with E-state index >= 15 is 0 Å². The van der Waals surface area contributed by atoms with Gasteiger partial charge < -0.3 is 9.15 Å². The second kappa shape index (κ2) is 7.30. The largest absolute Gasteiger partial charge is 0.497 e. The van der Waals surface area contributed by atoms with Gasteiger partial charge >= 0.3 is 0 Å². The lowest BCUT2D eigenvalue weighted by Crippen LogP contribution is -2.25. The number of methoxy groups -OCH3 is 1. The highest BCUT2D eigenvalue weighted by Crippen LogP contribution is 2.44. The maximum atomic E-state index is 5.63. The molecule has 2 aromatic carbocycles. The molecule has 1 aromatic heterocycles. The summed E-state index contributed by atoms with van der Waals surface area (Å²) >= 11 is 0. The number of aromatic nitrogens is 2. The molecular formula is C21H23N3O2. The molecule has 4 rings (SSSR count). The molecule has 1 aliphatic rings. The summed E-state index contributed by atoms with van der Waals surface area (Å²) < 4.78 is 11.1. The molecular weight excluding hydrogens is 326 g/mol. The van der Waals surface area contributed by atoms with E-state index in [-0.39, 0.29) is 6.04 Å². The number of ether oxygens (including phenoxy) is 1. The van der Waals surface area contributed by atoms with E-state index in [2.05, 4.69) is 63.6 Å². The fraction of sp³-hybridized carbons (Fsp3) is 0.333. The molecule has 0 saturated carbocycles. The summed E-state index contributed by atoms with van der Waals surface area (Å²) in [6, 6.07) is 19.3. The van der Waals surface area contributed by atoms with Crippen molar-refractivity contribution < 1.29 is 9.15 Å². The van der Waals surface area contributed by atoms with Crippen LogP contribution in [0.25, 0.3) is 0 Å². The molecule has 134 valence electrons. The monoisotopic (exact) mass is 349 g/mol. The van der Waals surface area contributed by atoms with Crippen molar-refractivity contribution in [2.45, 2.75) is 31.8 Å². The maximum absolute atomic E-state index is 5.63. The van der Waals surface area contributed by atoms with Crippen LogP contribution in [-0.2, 0) is 6.54 Å². The Morgan fingerprint density at radius 2 is 1.88 bits per heavy atom. The van der Waals surface area contributed by atoms with Gasteiger partial charge in [-0.15, -0.1) is 10.2 Å². The smallest absolute Gasteiger partial charge is 0.230 e. The van der Waals surface area contributed by atoms with Crippen molar-refractivity contribution >= 4 is 0 Å². The summed E-state index contributed by atoms with van der Waals surface area (Å²) in [4.78, 5) is 2.43. The lowest BCUT2D eigenvalue weighted by Gasteiger charge is -2.28. The van der Waals surface area contributed by atoms with Gasteiger partial charge in [-0.3, -0.25) is 4.90 Å². The number of likely N-dealkylation sites (tertiary alicyclic amines) is 1. The second-order valence-corrected chi connectivity index (χ2v) is 6.71. The lowest BCUT2D eigenvalue weighted by molar-refractivity contribution is 0.214. The van der Waals surface area contributed by atoms with E-state index in [9.17, 15) is 0 Å². The lowest BCUT2D eigenvalue weighted by atomic mass is 9.87. The number of benzene rings is 2. The van der Waals surface area contributed by atoms with Crippen molar-refractivity contribution in [3.8, 4) is 5.75 Å². The topological polar surface area (TPSA) is 51.4 Å². The fourth-order valence-electron chi connectivity index (χ4n) is 3.93. The van der Waals surface area contributed by atoms with Gasteiger partial charge in [-0.2, -0.15) is 0 Å². The summed E-state index contributed by atoms with van der Waals surface area (Å²) in [5.74, 6) is 2.59. The molecule has 1 aliphatic heterocycles. The Morgan fingerprint density at radius 1 is 1.08 bits per heavy atom. The van der Waals surface area contributed by atoms with Crippen molar-refractivity contribution in [2.75, 3.05) is 13.7 Å². The molecule has 2 unspecified atom stereocenters. The summed E-state index contributed by atoms with van der Waals surface area (Å²) in [5, 5.41) is 8.15. The molecule has 0 N–H and O–H groups in total. The first-order valence-corrected chi connectivity index (χ1v) is 8.96. The molecule has 26 heavy (non-hydrogen) atoms. The average molecular weight is 349 g/mol. The fourth-order valence-corrected chi connectivity index (χ4v) is 3.93. The van der Waals surface area contributed by atoms with Crippen LogP contribution in [0.3, 0.4) is 0 Å². The van der Waals surface area contributed by atoms with Gasteiger partial charge in [0.25, 0.3) is 0 Å². The normalized spacial score (nSPS) is 20.4. The Morgan fingerprint density at radius 3 is 2.62 bits per heavy atom. The maximum Gasteiger partial charge on any atom is 0.230 e. The predicted molar refractivity (Wildman–Crippen MR) is 99.0 cm³/mol. The molecule has 0 aliphatic carbocycles. The number of hydrogen-bond acceptors (Lipinski definition) is 5. The number of aryl methyl sites for hydroxylation is 1. The van der Waals surface area contributed by atoms with Gasteiger partial charge in [-0.25, -0.2) is 0 Å². The molecule has 0 spiro atoms. The van der Waals surface area contributed by atoms with E-state index in [0.29, 0.717) is 24.2 Å². The van der Waals surface area contributed by atoms with Gasteiger partial charge in [-0.1, -0.05) is 42.5 Å². The van der Waals surface area contributed by atoms with Crippen molar-refractivity contribution in [1.82, 2.24) is 15.1 Å². The van der Waals surface area contributed by atoms with Crippen LogP contribution in [0.1, 0.15) is 41.3 Å². The van der Waals surface area contributed by atoms with Crippen LogP contribution in [-0.4, -0.2) is 28.8 Å². The van der Waals surface area contributed by atoms with Gasteiger partial charge in [0.1, 0.15) is 5.75 Å². The van der Waals surface area contributed by atoms with Crippen molar-refractivity contribution in [3.63, 3.8) is 0 Å². The van der Waals surface area contributed by atoms with Crippen molar-refractivity contribution in [2.24, 2.45) is 0 Å². The van der Waals surface area contributed by atoms with Crippen molar-refractivity contribution in [3.05, 3.63) is 77.5 Å². The quantitative estimate of drug-likeness (QED) is 0.693. The molecule has 0 bridgehead atoms. The highest BCUT2D eigenvalue weighted by Gasteiger charge is 2.37. The summed E-state index contributed by atoms with van der Waals surface area (Å²) in [7, 11) is 1.71. The first kappa shape index (κ1) is 16.8. The standard InChI is InChI=1S/C21H23N3O2/c1-15-22-23-20(26-15)14-24-12-11-19(16-7-4-3-5-8-16)21(24)17-9-6-10-18(13-17)25-2/h3-10,13,19,21H,11-12,14H2,1-2H3. The average Bonchev–Trinajstić information content (AvgIpc) is 3.29. The van der Waals surface area contributed by atoms with E-state index in [1.807, 2.05) is 13.0 Å². The zero-order chi connectivity index (χ0) is 17.9. The van der Waals surface area contributed by atoms with E-state index in [1.54, 1.807) is 7.11 Å². The van der Waals surface area contributed by atoms with Gasteiger partial charge in [0.2, 0.25) is 11.8 Å². The van der Waals surface area contributed by atoms with Crippen LogP contribution >= 0.6 is 0 Å². The Balaban J connectivity index is 1.69. The van der Waals surface area contributed by atoms with E-state index in [0.717, 1.165) is 18.7 Å². The third kappa shape index (κ3) is 3.35. The van der Waals surface area contributed by atoms with Crippen LogP contribution in [0.5, 0.6) is 5.75 Å². The molecule has 5 heteroatoms. The Labute approximate surface area is 153 Å². The Kier molecular flexibility index (Phi) is 4.71. The zero-order valence-corrected chi connectivity index (χ0v) is 15.1. The summed E-state index contributed by atoms with van der Waals surface area (Å²) in [5.41, 5.74) is 2.62. The minimum absolute atomic E-state index is 0.250. The molecule has 2 atom stereocenters. The minimum Gasteiger partial charge on any atom is -0.497 e. The Hall–Kier alpha value is -2.66. The number of hydrogen-bond donors (Lipinski definition) is 0. The third-order valence-electron chi connectivity index (χ3n) is 5.07. The molecule has 1 saturated heterocycles. The summed E-state index contributed by atoms with van der Waals surface area (Å²) in [6.45, 7) is 3.47. The molecule has 2 heterocycles. The van der Waals surface area contributed by atoms with Crippen LogP contribution in [0.2, 0.25) is 0 Å². The zero-order valence-electron chi connectivity index (χ0n) is 15.1. The molecule has 5 nitrogen and oxygen atoms in total. The number of rotatable bonds is 5. The Bertz CT molecular complexity index is 862. The van der Waals surface area contributed by atoms with E-state index in [4.69, 9.17) is 9.15 Å². The first-order chi connectivity index (χ1) is 12.7. The second-order valence-electron chi connectivity index (χ2n) is 6.71. The van der Waals surface area contributed by atoms with Crippen LogP contribution < -0.4 is 4.74 Å². The van der Waals surface area contributed by atoms with Crippen LogP contribution in [0.4, 0.5) is 0 Å². The molecule has 1 fully saturated rings. The van der Waals surface area contributed by atoms with Crippen LogP contribution in [0.15, 0.2) is 59.0 Å². The van der Waals surface area contributed by atoms with Gasteiger partial charge in [0.15, 0.2) is 0 Å². The van der Waals surface area contributed by atoms with Gasteiger partial charge in [0.05, 0.1) is 13.7 Å². The minimum atomic E-state index is 0.250.